The molecule has 19 heavy (non-hydrogen) atoms. The van der Waals surface area contributed by atoms with Gasteiger partial charge in [-0.2, -0.15) is 0 Å². The Morgan fingerprint density at radius 3 is 2.95 bits per heavy atom. The van der Waals surface area contributed by atoms with E-state index in [9.17, 15) is 4.79 Å². The van der Waals surface area contributed by atoms with Crippen LogP contribution in [0.1, 0.15) is 37.3 Å². The molecule has 0 aromatic heterocycles. The standard InChI is InChI=1S/C15H19NO3/c17-14(18)9-16-15-10-5-1-3-7-12(10)19-13-8-4-2-6-11(13)15/h1,3,5,7,11,13,15-16H,2,4,6,8-9H2,(H,17,18)/t11?,13-,15?/m1/s1. The first kappa shape index (κ1) is 12.5. The first-order valence-electron chi connectivity index (χ1n) is 6.96. The number of ether oxygens (including phenoxy) is 1. The summed E-state index contributed by atoms with van der Waals surface area (Å²) in [5, 5.41) is 12.1. The maximum Gasteiger partial charge on any atom is 0.317 e. The van der Waals surface area contributed by atoms with Gasteiger partial charge in [0.05, 0.1) is 6.54 Å². The number of aliphatic carboxylic acids is 1. The van der Waals surface area contributed by atoms with Gasteiger partial charge in [0.1, 0.15) is 11.9 Å². The molecule has 1 fully saturated rings. The fourth-order valence-electron chi connectivity index (χ4n) is 3.35. The Balaban J connectivity index is 1.89. The maximum absolute atomic E-state index is 10.8. The Labute approximate surface area is 112 Å². The number of hydrogen-bond donors (Lipinski definition) is 2. The van der Waals surface area contributed by atoms with Crippen LogP contribution in [0.5, 0.6) is 5.75 Å². The quantitative estimate of drug-likeness (QED) is 0.877. The van der Waals surface area contributed by atoms with Crippen LogP contribution in [0.15, 0.2) is 24.3 Å². The van der Waals surface area contributed by atoms with E-state index >= 15 is 0 Å². The van der Waals surface area contributed by atoms with E-state index in [0.717, 1.165) is 24.2 Å². The van der Waals surface area contributed by atoms with Gasteiger partial charge < -0.3 is 9.84 Å². The molecule has 4 nitrogen and oxygen atoms in total. The van der Waals surface area contributed by atoms with Crippen LogP contribution in [-0.4, -0.2) is 23.7 Å². The average Bonchev–Trinajstić information content (AvgIpc) is 2.43. The van der Waals surface area contributed by atoms with Gasteiger partial charge in [-0.15, -0.1) is 0 Å². The molecule has 0 spiro atoms. The van der Waals surface area contributed by atoms with Crippen LogP contribution in [0.25, 0.3) is 0 Å². The second kappa shape index (κ2) is 5.21. The zero-order valence-corrected chi connectivity index (χ0v) is 10.8. The summed E-state index contributed by atoms with van der Waals surface area (Å²) < 4.78 is 6.09. The molecule has 1 aromatic rings. The van der Waals surface area contributed by atoms with Crippen molar-refractivity contribution in [2.24, 2.45) is 5.92 Å². The van der Waals surface area contributed by atoms with Crippen LogP contribution < -0.4 is 10.1 Å². The second-order valence-electron chi connectivity index (χ2n) is 5.39. The Morgan fingerprint density at radius 2 is 2.11 bits per heavy atom. The molecular weight excluding hydrogens is 242 g/mol. The molecule has 0 radical (unpaired) electrons. The summed E-state index contributed by atoms with van der Waals surface area (Å²) in [6, 6.07) is 8.08. The van der Waals surface area contributed by atoms with Crippen LogP contribution in [-0.2, 0) is 4.79 Å². The van der Waals surface area contributed by atoms with E-state index in [4.69, 9.17) is 9.84 Å². The lowest BCUT2D eigenvalue weighted by Gasteiger charge is -2.42. The molecule has 1 aliphatic heterocycles. The van der Waals surface area contributed by atoms with E-state index in [-0.39, 0.29) is 18.7 Å². The van der Waals surface area contributed by atoms with Crippen molar-refractivity contribution < 1.29 is 14.6 Å². The molecule has 1 heterocycles. The number of rotatable bonds is 3. The highest BCUT2D eigenvalue weighted by atomic mass is 16.5. The highest BCUT2D eigenvalue weighted by molar-refractivity contribution is 5.69. The number of nitrogens with one attached hydrogen (secondary N) is 1. The molecule has 3 rings (SSSR count). The molecule has 4 heteroatoms. The lowest BCUT2D eigenvalue weighted by atomic mass is 9.77. The van der Waals surface area contributed by atoms with Gasteiger partial charge in [0.2, 0.25) is 0 Å². The SMILES string of the molecule is O=C(O)CNC1c2ccccc2O[C@@H]2CCCCC12. The highest BCUT2D eigenvalue weighted by Crippen LogP contribution is 2.44. The zero-order valence-electron chi connectivity index (χ0n) is 10.8. The van der Waals surface area contributed by atoms with E-state index < -0.39 is 5.97 Å². The lowest BCUT2D eigenvalue weighted by molar-refractivity contribution is -0.136. The number of benzene rings is 1. The van der Waals surface area contributed by atoms with Crippen LogP contribution in [0.4, 0.5) is 0 Å². The Hall–Kier alpha value is -1.55. The van der Waals surface area contributed by atoms with Crippen molar-refractivity contribution in [3.8, 4) is 5.75 Å². The number of carbonyl (C=O) groups is 1. The Kier molecular flexibility index (Phi) is 3.42. The van der Waals surface area contributed by atoms with Gasteiger partial charge in [-0.05, 0) is 25.3 Å². The summed E-state index contributed by atoms with van der Waals surface area (Å²) in [5.74, 6) is 0.493. The normalized spacial score (nSPS) is 28.9. The van der Waals surface area contributed by atoms with Crippen molar-refractivity contribution in [3.63, 3.8) is 0 Å². The third-order valence-electron chi connectivity index (χ3n) is 4.19. The number of para-hydroxylation sites is 1. The minimum absolute atomic E-state index is 0.00220. The molecule has 1 saturated carbocycles. The molecular formula is C15H19NO3. The van der Waals surface area contributed by atoms with E-state index in [2.05, 4.69) is 5.32 Å². The van der Waals surface area contributed by atoms with Gasteiger partial charge in [0.25, 0.3) is 0 Å². The molecule has 3 atom stereocenters. The van der Waals surface area contributed by atoms with E-state index in [1.165, 1.54) is 12.8 Å². The first-order chi connectivity index (χ1) is 9.25. The first-order valence-corrected chi connectivity index (χ1v) is 6.96. The zero-order chi connectivity index (χ0) is 13.2. The van der Waals surface area contributed by atoms with Crippen LogP contribution in [0.2, 0.25) is 0 Å². The summed E-state index contributed by atoms with van der Waals surface area (Å²) in [5.41, 5.74) is 1.10. The topological polar surface area (TPSA) is 58.6 Å². The van der Waals surface area contributed by atoms with E-state index in [0.29, 0.717) is 5.92 Å². The van der Waals surface area contributed by atoms with Crippen LogP contribution in [0.3, 0.4) is 0 Å². The summed E-state index contributed by atoms with van der Waals surface area (Å²) in [7, 11) is 0. The summed E-state index contributed by atoms with van der Waals surface area (Å²) in [4.78, 5) is 10.8. The third kappa shape index (κ3) is 2.45. The molecule has 1 aromatic carbocycles. The van der Waals surface area contributed by atoms with Crippen molar-refractivity contribution in [1.29, 1.82) is 0 Å². The predicted molar refractivity (Wildman–Crippen MR) is 71.2 cm³/mol. The number of carboxylic acid groups (broad SMARTS) is 1. The minimum Gasteiger partial charge on any atom is -0.490 e. The molecule has 0 saturated heterocycles. The molecule has 1 aliphatic carbocycles. The van der Waals surface area contributed by atoms with Gasteiger partial charge in [-0.3, -0.25) is 10.1 Å². The smallest absolute Gasteiger partial charge is 0.317 e. The lowest BCUT2D eigenvalue weighted by Crippen LogP contribution is -2.44. The molecule has 2 N–H and O–H groups in total. The number of fused-ring (bicyclic) bond motifs is 2. The largest absolute Gasteiger partial charge is 0.490 e. The van der Waals surface area contributed by atoms with Crippen molar-refractivity contribution in [3.05, 3.63) is 29.8 Å². The average molecular weight is 261 g/mol. The van der Waals surface area contributed by atoms with E-state index in [1.807, 2.05) is 24.3 Å². The minimum atomic E-state index is -0.809. The molecule has 0 amide bonds. The van der Waals surface area contributed by atoms with Crippen molar-refractivity contribution in [1.82, 2.24) is 5.32 Å². The molecule has 0 bridgehead atoms. The Bertz CT molecular complexity index is 474. The second-order valence-corrected chi connectivity index (χ2v) is 5.39. The fraction of sp³-hybridized carbons (Fsp3) is 0.533. The number of hydrogen-bond acceptors (Lipinski definition) is 3. The monoisotopic (exact) mass is 261 g/mol. The summed E-state index contributed by atoms with van der Waals surface area (Å²) >= 11 is 0. The fourth-order valence-corrected chi connectivity index (χ4v) is 3.35. The molecule has 2 unspecified atom stereocenters. The van der Waals surface area contributed by atoms with Gasteiger partial charge in [0, 0.05) is 17.5 Å². The predicted octanol–water partition coefficient (Wildman–Crippen LogP) is 2.35. The van der Waals surface area contributed by atoms with Gasteiger partial charge >= 0.3 is 5.97 Å². The Morgan fingerprint density at radius 1 is 1.32 bits per heavy atom. The van der Waals surface area contributed by atoms with Crippen molar-refractivity contribution in [2.75, 3.05) is 6.54 Å². The maximum atomic E-state index is 10.8. The van der Waals surface area contributed by atoms with Gasteiger partial charge in [-0.25, -0.2) is 0 Å². The van der Waals surface area contributed by atoms with E-state index in [1.54, 1.807) is 0 Å². The molecule has 102 valence electrons. The van der Waals surface area contributed by atoms with Crippen LogP contribution in [0, 0.1) is 5.92 Å². The van der Waals surface area contributed by atoms with Crippen LogP contribution >= 0.6 is 0 Å². The number of carboxylic acids is 1. The van der Waals surface area contributed by atoms with Crippen molar-refractivity contribution in [2.45, 2.75) is 37.8 Å². The molecule has 2 aliphatic rings. The van der Waals surface area contributed by atoms with Gasteiger partial charge in [0.15, 0.2) is 0 Å². The third-order valence-corrected chi connectivity index (χ3v) is 4.19. The highest BCUT2D eigenvalue weighted by Gasteiger charge is 2.39. The van der Waals surface area contributed by atoms with Crippen molar-refractivity contribution >= 4 is 5.97 Å². The summed E-state index contributed by atoms with van der Waals surface area (Å²) in [6.45, 7) is 0.00220. The van der Waals surface area contributed by atoms with Gasteiger partial charge in [-0.1, -0.05) is 24.6 Å². The summed E-state index contributed by atoms with van der Waals surface area (Å²) in [6.07, 6.45) is 4.82.